The van der Waals surface area contributed by atoms with Crippen LogP contribution in [0, 0.1) is 6.92 Å². The van der Waals surface area contributed by atoms with Gasteiger partial charge < -0.3 is 15.4 Å². The first kappa shape index (κ1) is 17.7. The Labute approximate surface area is 142 Å². The van der Waals surface area contributed by atoms with E-state index in [1.807, 2.05) is 25.1 Å². The molecular formula is C18H24N4O2. The molecule has 0 saturated carbocycles. The van der Waals surface area contributed by atoms with Crippen LogP contribution in [0.25, 0.3) is 0 Å². The number of anilines is 3. The molecule has 1 aromatic carbocycles. The van der Waals surface area contributed by atoms with Crippen molar-refractivity contribution in [1.29, 1.82) is 0 Å². The number of benzene rings is 1. The lowest BCUT2D eigenvalue weighted by Gasteiger charge is -2.10. The Kier molecular flexibility index (Phi) is 6.54. The number of esters is 1. The molecule has 0 unspecified atom stereocenters. The second-order valence-corrected chi connectivity index (χ2v) is 5.55. The first-order valence-corrected chi connectivity index (χ1v) is 8.17. The summed E-state index contributed by atoms with van der Waals surface area (Å²) in [6, 6.07) is 8.94. The predicted octanol–water partition coefficient (Wildman–Crippen LogP) is 3.92. The molecule has 0 bridgehead atoms. The van der Waals surface area contributed by atoms with Crippen molar-refractivity contribution in [2.45, 2.75) is 33.1 Å². The maximum atomic E-state index is 11.4. The van der Waals surface area contributed by atoms with Gasteiger partial charge in [0.1, 0.15) is 5.82 Å². The van der Waals surface area contributed by atoms with Crippen molar-refractivity contribution in [1.82, 2.24) is 9.97 Å². The smallest absolute Gasteiger partial charge is 0.337 e. The highest BCUT2D eigenvalue weighted by atomic mass is 16.5. The third-order valence-electron chi connectivity index (χ3n) is 3.50. The largest absolute Gasteiger partial charge is 0.465 e. The van der Waals surface area contributed by atoms with Gasteiger partial charge in [0.25, 0.3) is 0 Å². The standard InChI is InChI=1S/C18H24N4O2/c1-4-5-6-11-19-18-20-13(2)12-16(22-18)21-15-9-7-14(8-10-15)17(23)24-3/h7-10,12H,4-6,11H2,1-3H3,(H2,19,20,21,22). The van der Waals surface area contributed by atoms with Crippen molar-refractivity contribution < 1.29 is 9.53 Å². The van der Waals surface area contributed by atoms with Crippen LogP contribution in [0.2, 0.25) is 0 Å². The van der Waals surface area contributed by atoms with Gasteiger partial charge in [0.05, 0.1) is 12.7 Å². The van der Waals surface area contributed by atoms with Crippen LogP contribution >= 0.6 is 0 Å². The minimum absolute atomic E-state index is 0.349. The Morgan fingerprint density at radius 2 is 1.92 bits per heavy atom. The zero-order valence-corrected chi connectivity index (χ0v) is 14.4. The highest BCUT2D eigenvalue weighted by Crippen LogP contribution is 2.18. The molecule has 0 atom stereocenters. The van der Waals surface area contributed by atoms with Gasteiger partial charge in [-0.1, -0.05) is 19.8 Å². The average molecular weight is 328 g/mol. The van der Waals surface area contributed by atoms with Crippen molar-refractivity contribution in [3.8, 4) is 0 Å². The molecular weight excluding hydrogens is 304 g/mol. The van der Waals surface area contributed by atoms with E-state index >= 15 is 0 Å². The number of nitrogens with zero attached hydrogens (tertiary/aromatic N) is 2. The Hall–Kier alpha value is -2.63. The van der Waals surface area contributed by atoms with Gasteiger partial charge in [-0.3, -0.25) is 0 Å². The number of aryl methyl sites for hydroxylation is 1. The molecule has 6 nitrogen and oxygen atoms in total. The van der Waals surface area contributed by atoms with Crippen molar-refractivity contribution in [3.05, 3.63) is 41.6 Å². The molecule has 0 saturated heterocycles. The summed E-state index contributed by atoms with van der Waals surface area (Å²) in [6.07, 6.45) is 3.48. The molecule has 0 radical (unpaired) electrons. The predicted molar refractivity (Wildman–Crippen MR) is 95.8 cm³/mol. The summed E-state index contributed by atoms with van der Waals surface area (Å²) in [7, 11) is 1.37. The number of ether oxygens (including phenoxy) is 1. The number of nitrogens with one attached hydrogen (secondary N) is 2. The summed E-state index contributed by atoms with van der Waals surface area (Å²) in [5, 5.41) is 6.48. The molecule has 2 aromatic rings. The first-order chi connectivity index (χ1) is 11.6. The van der Waals surface area contributed by atoms with Crippen molar-refractivity contribution >= 4 is 23.4 Å². The maximum Gasteiger partial charge on any atom is 0.337 e. The fourth-order valence-corrected chi connectivity index (χ4v) is 2.24. The summed E-state index contributed by atoms with van der Waals surface area (Å²) in [5.74, 6) is 0.990. The zero-order valence-electron chi connectivity index (χ0n) is 14.4. The average Bonchev–Trinajstić information content (AvgIpc) is 2.58. The van der Waals surface area contributed by atoms with Crippen LogP contribution in [0.3, 0.4) is 0 Å². The van der Waals surface area contributed by atoms with Crippen molar-refractivity contribution in [3.63, 3.8) is 0 Å². The van der Waals surface area contributed by atoms with E-state index in [0.717, 1.165) is 24.3 Å². The fraction of sp³-hybridized carbons (Fsp3) is 0.389. The maximum absolute atomic E-state index is 11.4. The van der Waals surface area contributed by atoms with Gasteiger partial charge in [-0.25, -0.2) is 9.78 Å². The number of rotatable bonds is 8. The highest BCUT2D eigenvalue weighted by molar-refractivity contribution is 5.89. The lowest BCUT2D eigenvalue weighted by molar-refractivity contribution is 0.0601. The molecule has 24 heavy (non-hydrogen) atoms. The summed E-state index contributed by atoms with van der Waals surface area (Å²) in [6.45, 7) is 4.98. The summed E-state index contributed by atoms with van der Waals surface area (Å²) >= 11 is 0. The van der Waals surface area contributed by atoms with Gasteiger partial charge in [-0.2, -0.15) is 4.98 Å². The van der Waals surface area contributed by atoms with Crippen LogP contribution in [0.5, 0.6) is 0 Å². The number of unbranched alkanes of at least 4 members (excludes halogenated alkanes) is 2. The van der Waals surface area contributed by atoms with Gasteiger partial charge in [0.15, 0.2) is 0 Å². The molecule has 0 spiro atoms. The molecule has 0 aliphatic carbocycles. The highest BCUT2D eigenvalue weighted by Gasteiger charge is 2.06. The third kappa shape index (κ3) is 5.22. The molecule has 6 heteroatoms. The molecule has 2 N–H and O–H groups in total. The Balaban J connectivity index is 2.03. The van der Waals surface area contributed by atoms with Gasteiger partial charge in [0, 0.05) is 24.0 Å². The molecule has 1 aromatic heterocycles. The number of carbonyl (C=O) groups is 1. The molecule has 2 rings (SSSR count). The van der Waals surface area contributed by atoms with Crippen LogP contribution in [-0.2, 0) is 4.74 Å². The van der Waals surface area contributed by atoms with E-state index in [0.29, 0.717) is 17.3 Å². The molecule has 128 valence electrons. The number of methoxy groups -OCH3 is 1. The van der Waals surface area contributed by atoms with Gasteiger partial charge in [-0.15, -0.1) is 0 Å². The van der Waals surface area contributed by atoms with E-state index in [1.165, 1.54) is 20.0 Å². The summed E-state index contributed by atoms with van der Waals surface area (Å²) in [5.41, 5.74) is 2.24. The van der Waals surface area contributed by atoms with E-state index in [2.05, 4.69) is 27.5 Å². The minimum atomic E-state index is -0.349. The molecule has 1 heterocycles. The van der Waals surface area contributed by atoms with Crippen LogP contribution in [0.4, 0.5) is 17.5 Å². The van der Waals surface area contributed by atoms with E-state index in [-0.39, 0.29) is 5.97 Å². The molecule has 0 amide bonds. The monoisotopic (exact) mass is 328 g/mol. The van der Waals surface area contributed by atoms with Crippen LogP contribution in [-0.4, -0.2) is 29.6 Å². The van der Waals surface area contributed by atoms with E-state index in [1.54, 1.807) is 12.1 Å². The molecule has 0 aliphatic rings. The first-order valence-electron chi connectivity index (χ1n) is 8.17. The van der Waals surface area contributed by atoms with E-state index in [9.17, 15) is 4.79 Å². The Morgan fingerprint density at radius 1 is 1.17 bits per heavy atom. The lowest BCUT2D eigenvalue weighted by Crippen LogP contribution is -2.07. The summed E-state index contributed by atoms with van der Waals surface area (Å²) < 4.78 is 4.69. The van der Waals surface area contributed by atoms with Gasteiger partial charge in [0.2, 0.25) is 5.95 Å². The third-order valence-corrected chi connectivity index (χ3v) is 3.50. The lowest BCUT2D eigenvalue weighted by atomic mass is 10.2. The second-order valence-electron chi connectivity index (χ2n) is 5.55. The quantitative estimate of drug-likeness (QED) is 0.565. The minimum Gasteiger partial charge on any atom is -0.465 e. The number of aromatic nitrogens is 2. The van der Waals surface area contributed by atoms with E-state index in [4.69, 9.17) is 4.74 Å². The van der Waals surface area contributed by atoms with Crippen LogP contribution < -0.4 is 10.6 Å². The van der Waals surface area contributed by atoms with Crippen molar-refractivity contribution in [2.75, 3.05) is 24.3 Å². The van der Waals surface area contributed by atoms with Gasteiger partial charge in [-0.05, 0) is 37.6 Å². The Bertz CT molecular complexity index is 671. The fourth-order valence-electron chi connectivity index (χ4n) is 2.24. The number of hydrogen-bond donors (Lipinski definition) is 2. The van der Waals surface area contributed by atoms with Crippen molar-refractivity contribution in [2.24, 2.45) is 0 Å². The topological polar surface area (TPSA) is 76.1 Å². The van der Waals surface area contributed by atoms with E-state index < -0.39 is 0 Å². The zero-order chi connectivity index (χ0) is 17.4. The SMILES string of the molecule is CCCCCNc1nc(C)cc(Nc2ccc(C(=O)OC)cc2)n1. The van der Waals surface area contributed by atoms with Crippen LogP contribution in [0.1, 0.15) is 42.2 Å². The normalized spacial score (nSPS) is 10.3. The van der Waals surface area contributed by atoms with Crippen LogP contribution in [0.15, 0.2) is 30.3 Å². The second kappa shape index (κ2) is 8.86. The number of hydrogen-bond acceptors (Lipinski definition) is 6. The Morgan fingerprint density at radius 3 is 2.58 bits per heavy atom. The number of carbonyl (C=O) groups excluding carboxylic acids is 1. The van der Waals surface area contributed by atoms with Gasteiger partial charge >= 0.3 is 5.97 Å². The summed E-state index contributed by atoms with van der Waals surface area (Å²) in [4.78, 5) is 20.3. The molecule has 0 fully saturated rings. The molecule has 0 aliphatic heterocycles.